The van der Waals surface area contributed by atoms with Gasteiger partial charge in [-0.2, -0.15) is 0 Å². The van der Waals surface area contributed by atoms with E-state index in [2.05, 4.69) is 29.1 Å². The molecule has 0 aromatic carbocycles. The predicted octanol–water partition coefficient (Wildman–Crippen LogP) is 1.26. The third-order valence-corrected chi connectivity index (χ3v) is 2.71. The third-order valence-electron chi connectivity index (χ3n) is 2.71. The first-order chi connectivity index (χ1) is 9.12. The maximum absolute atomic E-state index is 9.16. The van der Waals surface area contributed by atoms with Crippen LogP contribution in [-0.4, -0.2) is 47.9 Å². The van der Waals surface area contributed by atoms with Crippen molar-refractivity contribution in [1.82, 2.24) is 9.97 Å². The molecule has 0 amide bonds. The molecule has 0 unspecified atom stereocenters. The number of hydrogen-bond acceptors (Lipinski definition) is 6. The fraction of sp³-hybridized carbons (Fsp3) is 0.692. The van der Waals surface area contributed by atoms with Crippen LogP contribution in [0.5, 0.6) is 0 Å². The Morgan fingerprint density at radius 1 is 1.42 bits per heavy atom. The minimum absolute atomic E-state index is 0.0951. The van der Waals surface area contributed by atoms with E-state index in [1.54, 1.807) is 0 Å². The van der Waals surface area contributed by atoms with Crippen molar-refractivity contribution in [1.29, 1.82) is 0 Å². The average molecular weight is 268 g/mol. The molecule has 0 bridgehead atoms. The van der Waals surface area contributed by atoms with Gasteiger partial charge in [-0.3, -0.25) is 0 Å². The van der Waals surface area contributed by atoms with Crippen LogP contribution >= 0.6 is 0 Å². The van der Waals surface area contributed by atoms with Crippen LogP contribution in [0.15, 0.2) is 6.07 Å². The number of aromatic nitrogens is 2. The lowest BCUT2D eigenvalue weighted by molar-refractivity contribution is 0.128. The molecule has 2 N–H and O–H groups in total. The summed E-state index contributed by atoms with van der Waals surface area (Å²) in [4.78, 5) is 10.9. The molecule has 1 heterocycles. The second kappa shape index (κ2) is 7.91. The zero-order valence-corrected chi connectivity index (χ0v) is 12.2. The van der Waals surface area contributed by atoms with E-state index in [1.165, 1.54) is 0 Å². The molecule has 0 fully saturated rings. The van der Waals surface area contributed by atoms with Gasteiger partial charge in [0.2, 0.25) is 0 Å². The summed E-state index contributed by atoms with van der Waals surface area (Å²) in [6.07, 6.45) is 0. The first-order valence-corrected chi connectivity index (χ1v) is 6.63. The first kappa shape index (κ1) is 15.7. The maximum atomic E-state index is 9.16. The van der Waals surface area contributed by atoms with Crippen LogP contribution < -0.4 is 10.2 Å². The summed E-state index contributed by atoms with van der Waals surface area (Å²) in [5.74, 6) is 2.20. The smallest absolute Gasteiger partial charge is 0.158 e. The number of nitrogens with one attached hydrogen (secondary N) is 1. The van der Waals surface area contributed by atoms with E-state index in [1.807, 2.05) is 24.9 Å². The van der Waals surface area contributed by atoms with Gasteiger partial charge in [0.05, 0.1) is 6.61 Å². The third kappa shape index (κ3) is 4.65. The van der Waals surface area contributed by atoms with Crippen LogP contribution in [0, 0.1) is 0 Å². The van der Waals surface area contributed by atoms with Gasteiger partial charge in [0, 0.05) is 32.3 Å². The van der Waals surface area contributed by atoms with Crippen molar-refractivity contribution < 1.29 is 9.84 Å². The number of ether oxygens (including phenoxy) is 1. The molecule has 1 aromatic rings. The number of aliphatic hydroxyl groups excluding tert-OH is 1. The minimum atomic E-state index is 0.0951. The van der Waals surface area contributed by atoms with E-state index < -0.39 is 0 Å². The molecule has 108 valence electrons. The highest BCUT2D eigenvalue weighted by Crippen LogP contribution is 2.18. The molecule has 1 rings (SSSR count). The van der Waals surface area contributed by atoms with E-state index in [-0.39, 0.29) is 12.6 Å². The van der Waals surface area contributed by atoms with Crippen LogP contribution in [-0.2, 0) is 11.3 Å². The standard InChI is InChI=1S/C13H24N4O2/c1-5-19-9-12-15-11(14-4)8-13(16-12)17(6-7-18)10(2)3/h8,10,18H,5-7,9H2,1-4H3,(H,14,15,16). The Balaban J connectivity index is 3.02. The minimum Gasteiger partial charge on any atom is -0.395 e. The molecule has 1 aromatic heterocycles. The zero-order valence-electron chi connectivity index (χ0n) is 12.2. The molecule has 0 saturated carbocycles. The van der Waals surface area contributed by atoms with Gasteiger partial charge in [-0.05, 0) is 20.8 Å². The van der Waals surface area contributed by atoms with E-state index in [4.69, 9.17) is 9.84 Å². The van der Waals surface area contributed by atoms with Gasteiger partial charge >= 0.3 is 0 Å². The number of nitrogens with zero attached hydrogens (tertiary/aromatic N) is 3. The highest BCUT2D eigenvalue weighted by Gasteiger charge is 2.14. The molecular formula is C13H24N4O2. The molecule has 6 heteroatoms. The van der Waals surface area contributed by atoms with Crippen molar-refractivity contribution in [2.45, 2.75) is 33.4 Å². The summed E-state index contributed by atoms with van der Waals surface area (Å²) >= 11 is 0. The Labute approximate surface area is 114 Å². The number of hydrogen-bond donors (Lipinski definition) is 2. The number of anilines is 2. The second-order valence-corrected chi connectivity index (χ2v) is 4.43. The monoisotopic (exact) mass is 268 g/mol. The molecule has 0 saturated heterocycles. The van der Waals surface area contributed by atoms with Gasteiger partial charge in [-0.15, -0.1) is 0 Å². The van der Waals surface area contributed by atoms with Crippen molar-refractivity contribution in [2.75, 3.05) is 37.0 Å². The van der Waals surface area contributed by atoms with E-state index in [9.17, 15) is 0 Å². The molecule has 0 aliphatic heterocycles. The fourth-order valence-electron chi connectivity index (χ4n) is 1.76. The Hall–Kier alpha value is -1.40. The molecule has 0 radical (unpaired) electrons. The Morgan fingerprint density at radius 3 is 2.68 bits per heavy atom. The summed E-state index contributed by atoms with van der Waals surface area (Å²) in [5, 5.41) is 12.2. The lowest BCUT2D eigenvalue weighted by Crippen LogP contribution is -2.34. The van der Waals surface area contributed by atoms with Crippen molar-refractivity contribution in [3.8, 4) is 0 Å². The summed E-state index contributed by atoms with van der Waals surface area (Å²) in [6, 6.07) is 2.14. The van der Waals surface area contributed by atoms with Crippen LogP contribution in [0.4, 0.5) is 11.6 Å². The molecule has 0 aliphatic carbocycles. The van der Waals surface area contributed by atoms with Gasteiger partial charge in [-0.1, -0.05) is 0 Å². The Morgan fingerprint density at radius 2 is 2.16 bits per heavy atom. The summed E-state index contributed by atoms with van der Waals surface area (Å²) in [6.45, 7) is 7.74. The lowest BCUT2D eigenvalue weighted by Gasteiger charge is -2.27. The molecule has 0 spiro atoms. The summed E-state index contributed by atoms with van der Waals surface area (Å²) < 4.78 is 5.35. The first-order valence-electron chi connectivity index (χ1n) is 6.63. The number of aliphatic hydroxyl groups is 1. The highest BCUT2D eigenvalue weighted by atomic mass is 16.5. The molecule has 19 heavy (non-hydrogen) atoms. The van der Waals surface area contributed by atoms with Gasteiger partial charge in [0.15, 0.2) is 5.82 Å². The van der Waals surface area contributed by atoms with Gasteiger partial charge in [0.25, 0.3) is 0 Å². The quantitative estimate of drug-likeness (QED) is 0.739. The van der Waals surface area contributed by atoms with Crippen LogP contribution in [0.1, 0.15) is 26.6 Å². The topological polar surface area (TPSA) is 70.5 Å². The maximum Gasteiger partial charge on any atom is 0.158 e. The Kier molecular flexibility index (Phi) is 6.52. The predicted molar refractivity (Wildman–Crippen MR) is 76.5 cm³/mol. The molecule has 6 nitrogen and oxygen atoms in total. The summed E-state index contributed by atoms with van der Waals surface area (Å²) in [7, 11) is 1.82. The van der Waals surface area contributed by atoms with Gasteiger partial charge < -0.3 is 20.1 Å². The Bertz CT molecular complexity index is 385. The van der Waals surface area contributed by atoms with Crippen molar-refractivity contribution >= 4 is 11.6 Å². The van der Waals surface area contributed by atoms with E-state index in [0.717, 1.165) is 11.6 Å². The molecule has 0 atom stereocenters. The molecule has 0 aliphatic rings. The normalized spacial score (nSPS) is 10.8. The van der Waals surface area contributed by atoms with E-state index in [0.29, 0.717) is 25.6 Å². The average Bonchev–Trinajstić information content (AvgIpc) is 2.41. The van der Waals surface area contributed by atoms with Crippen molar-refractivity contribution in [3.63, 3.8) is 0 Å². The van der Waals surface area contributed by atoms with Crippen LogP contribution in [0.25, 0.3) is 0 Å². The van der Waals surface area contributed by atoms with Crippen molar-refractivity contribution in [3.05, 3.63) is 11.9 Å². The van der Waals surface area contributed by atoms with Gasteiger partial charge in [-0.25, -0.2) is 9.97 Å². The lowest BCUT2D eigenvalue weighted by atomic mass is 10.3. The largest absolute Gasteiger partial charge is 0.395 e. The van der Waals surface area contributed by atoms with Crippen LogP contribution in [0.2, 0.25) is 0 Å². The van der Waals surface area contributed by atoms with Crippen LogP contribution in [0.3, 0.4) is 0 Å². The number of rotatable bonds is 8. The second-order valence-electron chi connectivity index (χ2n) is 4.43. The highest BCUT2D eigenvalue weighted by molar-refractivity contribution is 5.49. The SMILES string of the molecule is CCOCc1nc(NC)cc(N(CCO)C(C)C)n1. The van der Waals surface area contributed by atoms with Gasteiger partial charge in [0.1, 0.15) is 18.2 Å². The fourth-order valence-corrected chi connectivity index (χ4v) is 1.76. The van der Waals surface area contributed by atoms with Crippen molar-refractivity contribution in [2.24, 2.45) is 0 Å². The summed E-state index contributed by atoms with van der Waals surface area (Å²) in [5.41, 5.74) is 0. The zero-order chi connectivity index (χ0) is 14.3. The van der Waals surface area contributed by atoms with E-state index >= 15 is 0 Å². The molecular weight excluding hydrogens is 244 g/mol.